The maximum absolute atomic E-state index is 13.0. The van der Waals surface area contributed by atoms with Gasteiger partial charge in [-0.3, -0.25) is 0 Å². The van der Waals surface area contributed by atoms with Crippen LogP contribution in [0.15, 0.2) is 41.6 Å². The lowest BCUT2D eigenvalue weighted by Gasteiger charge is -1.98. The van der Waals surface area contributed by atoms with Crippen LogP contribution in [0.25, 0.3) is 0 Å². The molecule has 0 N–H and O–H groups in total. The van der Waals surface area contributed by atoms with Gasteiger partial charge in [0.25, 0.3) is 9.05 Å². The molecule has 18 heavy (non-hydrogen) atoms. The minimum Gasteiger partial charge on any atom is -0.341 e. The van der Waals surface area contributed by atoms with Gasteiger partial charge in [-0.05, 0) is 35.7 Å². The van der Waals surface area contributed by atoms with Crippen molar-refractivity contribution in [2.24, 2.45) is 7.05 Å². The maximum atomic E-state index is 13.0. The number of hydrogen-bond donors (Lipinski definition) is 0. The van der Waals surface area contributed by atoms with Crippen molar-refractivity contribution in [3.05, 3.63) is 53.5 Å². The summed E-state index contributed by atoms with van der Waals surface area (Å²) in [6.45, 7) is 0. The number of rotatable bonds is 3. The monoisotopic (exact) mass is 287 g/mol. The van der Waals surface area contributed by atoms with Gasteiger partial charge in [-0.2, -0.15) is 0 Å². The van der Waals surface area contributed by atoms with E-state index in [0.717, 1.165) is 11.1 Å². The van der Waals surface area contributed by atoms with Crippen molar-refractivity contribution in [2.75, 3.05) is 0 Å². The van der Waals surface area contributed by atoms with Gasteiger partial charge in [0.1, 0.15) is 5.82 Å². The van der Waals surface area contributed by atoms with Gasteiger partial charge in [-0.25, -0.2) is 12.8 Å². The average Bonchev–Trinajstić information content (AvgIpc) is 2.59. The van der Waals surface area contributed by atoms with E-state index in [1.807, 2.05) is 0 Å². The minimum absolute atomic E-state index is 0.0376. The van der Waals surface area contributed by atoms with Gasteiger partial charge in [-0.15, -0.1) is 0 Å². The highest BCUT2D eigenvalue weighted by molar-refractivity contribution is 8.13. The molecule has 0 saturated heterocycles. The van der Waals surface area contributed by atoms with Crippen molar-refractivity contribution >= 4 is 19.7 Å². The first kappa shape index (κ1) is 13.1. The second-order valence-electron chi connectivity index (χ2n) is 4.04. The molecule has 0 aliphatic heterocycles. The third kappa shape index (κ3) is 2.91. The van der Waals surface area contributed by atoms with Crippen molar-refractivity contribution in [1.82, 2.24) is 4.57 Å². The molecule has 96 valence electrons. The van der Waals surface area contributed by atoms with Gasteiger partial charge in [0.05, 0.1) is 0 Å². The molecule has 2 rings (SSSR count). The highest BCUT2D eigenvalue weighted by Crippen LogP contribution is 2.20. The maximum Gasteiger partial charge on any atom is 0.276 e. The second kappa shape index (κ2) is 4.74. The third-order valence-electron chi connectivity index (χ3n) is 2.56. The summed E-state index contributed by atoms with van der Waals surface area (Å²) in [5.41, 5.74) is 1.54. The predicted molar refractivity (Wildman–Crippen MR) is 67.7 cm³/mol. The van der Waals surface area contributed by atoms with Crippen molar-refractivity contribution in [3.8, 4) is 0 Å². The van der Waals surface area contributed by atoms with Crippen LogP contribution in [-0.4, -0.2) is 13.0 Å². The van der Waals surface area contributed by atoms with E-state index in [4.69, 9.17) is 10.7 Å². The van der Waals surface area contributed by atoms with Crippen LogP contribution in [0.1, 0.15) is 11.1 Å². The smallest absolute Gasteiger partial charge is 0.276 e. The van der Waals surface area contributed by atoms with Crippen molar-refractivity contribution in [3.63, 3.8) is 0 Å². The molecule has 0 aliphatic rings. The number of benzene rings is 1. The SMILES string of the molecule is Cn1cc(Cc2cccc(F)c2)cc1S(=O)(=O)Cl. The molecule has 0 unspecified atom stereocenters. The Kier molecular flexibility index (Phi) is 3.45. The van der Waals surface area contributed by atoms with E-state index in [-0.39, 0.29) is 10.8 Å². The summed E-state index contributed by atoms with van der Waals surface area (Å²) in [6.07, 6.45) is 2.12. The first-order chi connectivity index (χ1) is 8.36. The van der Waals surface area contributed by atoms with E-state index < -0.39 is 9.05 Å². The number of aryl methyl sites for hydroxylation is 1. The first-order valence-electron chi connectivity index (χ1n) is 5.20. The largest absolute Gasteiger partial charge is 0.341 e. The molecule has 1 aromatic heterocycles. The quantitative estimate of drug-likeness (QED) is 0.814. The fourth-order valence-electron chi connectivity index (χ4n) is 1.83. The molecule has 0 saturated carbocycles. The van der Waals surface area contributed by atoms with Crippen LogP contribution in [0.3, 0.4) is 0 Å². The Labute approximate surface area is 109 Å². The summed E-state index contributed by atoms with van der Waals surface area (Å²) in [5, 5.41) is 0.0376. The zero-order valence-electron chi connectivity index (χ0n) is 9.60. The third-order valence-corrected chi connectivity index (χ3v) is 3.94. The Bertz CT molecular complexity index is 679. The molecular formula is C12H11ClFNO2S. The molecule has 0 atom stereocenters. The Hall–Kier alpha value is -1.33. The number of aromatic nitrogens is 1. The highest BCUT2D eigenvalue weighted by atomic mass is 35.7. The molecule has 0 radical (unpaired) electrons. The molecule has 2 aromatic rings. The minimum atomic E-state index is -3.75. The first-order valence-corrected chi connectivity index (χ1v) is 7.51. The lowest BCUT2D eigenvalue weighted by Crippen LogP contribution is -1.97. The van der Waals surface area contributed by atoms with Crippen LogP contribution in [0.4, 0.5) is 4.39 Å². The van der Waals surface area contributed by atoms with Crippen LogP contribution in [-0.2, 0) is 22.5 Å². The summed E-state index contributed by atoms with van der Waals surface area (Å²) in [4.78, 5) is 0. The van der Waals surface area contributed by atoms with Crippen LogP contribution in [0, 0.1) is 5.82 Å². The fourth-order valence-corrected chi connectivity index (χ4v) is 2.98. The van der Waals surface area contributed by atoms with E-state index in [1.165, 1.54) is 22.8 Å². The molecule has 0 bridgehead atoms. The summed E-state index contributed by atoms with van der Waals surface area (Å²) < 4.78 is 37.0. The summed E-state index contributed by atoms with van der Waals surface area (Å²) in [7, 11) is 3.15. The van der Waals surface area contributed by atoms with E-state index in [0.29, 0.717) is 6.42 Å². The number of halogens is 2. The van der Waals surface area contributed by atoms with Gasteiger partial charge in [0.15, 0.2) is 5.03 Å². The van der Waals surface area contributed by atoms with Crippen molar-refractivity contribution in [1.29, 1.82) is 0 Å². The molecule has 1 aromatic carbocycles. The van der Waals surface area contributed by atoms with Crippen LogP contribution < -0.4 is 0 Å². The Morgan fingerprint density at radius 1 is 1.28 bits per heavy atom. The zero-order chi connectivity index (χ0) is 13.3. The van der Waals surface area contributed by atoms with Crippen molar-refractivity contribution < 1.29 is 12.8 Å². The second-order valence-corrected chi connectivity index (χ2v) is 6.55. The molecule has 3 nitrogen and oxygen atoms in total. The normalized spacial score (nSPS) is 11.7. The number of nitrogens with zero attached hydrogens (tertiary/aromatic N) is 1. The lowest BCUT2D eigenvalue weighted by molar-refractivity contribution is 0.600. The van der Waals surface area contributed by atoms with Gasteiger partial charge < -0.3 is 4.57 Å². The molecule has 0 spiro atoms. The van der Waals surface area contributed by atoms with Crippen LogP contribution in [0.2, 0.25) is 0 Å². The summed E-state index contributed by atoms with van der Waals surface area (Å²) in [6, 6.07) is 7.68. The Balaban J connectivity index is 2.31. The van der Waals surface area contributed by atoms with Crippen LogP contribution in [0.5, 0.6) is 0 Å². The van der Waals surface area contributed by atoms with Gasteiger partial charge >= 0.3 is 0 Å². The highest BCUT2D eigenvalue weighted by Gasteiger charge is 2.15. The molecule has 0 aliphatic carbocycles. The van der Waals surface area contributed by atoms with E-state index in [2.05, 4.69) is 0 Å². The molecule has 1 heterocycles. The molecule has 0 fully saturated rings. The van der Waals surface area contributed by atoms with E-state index >= 15 is 0 Å². The predicted octanol–water partition coefficient (Wildman–Crippen LogP) is 2.68. The summed E-state index contributed by atoms with van der Waals surface area (Å²) in [5.74, 6) is -0.311. The lowest BCUT2D eigenvalue weighted by atomic mass is 10.1. The Morgan fingerprint density at radius 2 is 2.00 bits per heavy atom. The number of hydrogen-bond acceptors (Lipinski definition) is 2. The van der Waals surface area contributed by atoms with E-state index in [1.54, 1.807) is 25.4 Å². The molecule has 0 amide bonds. The molecule has 6 heteroatoms. The van der Waals surface area contributed by atoms with Gasteiger partial charge in [0, 0.05) is 23.9 Å². The zero-order valence-corrected chi connectivity index (χ0v) is 11.2. The van der Waals surface area contributed by atoms with E-state index in [9.17, 15) is 12.8 Å². The van der Waals surface area contributed by atoms with Crippen LogP contribution >= 0.6 is 10.7 Å². The topological polar surface area (TPSA) is 39.1 Å². The Morgan fingerprint density at radius 3 is 2.56 bits per heavy atom. The standard InChI is InChI=1S/C12H11ClFNO2S/c1-15-8-10(7-12(15)18(13,16)17)5-9-3-2-4-11(14)6-9/h2-4,6-8H,5H2,1H3. The average molecular weight is 288 g/mol. The van der Waals surface area contributed by atoms with Gasteiger partial charge in [-0.1, -0.05) is 12.1 Å². The molecular weight excluding hydrogens is 277 g/mol. The fraction of sp³-hybridized carbons (Fsp3) is 0.167. The van der Waals surface area contributed by atoms with Gasteiger partial charge in [0.2, 0.25) is 0 Å². The summed E-state index contributed by atoms with van der Waals surface area (Å²) >= 11 is 0. The van der Waals surface area contributed by atoms with Crippen molar-refractivity contribution in [2.45, 2.75) is 11.4 Å².